The van der Waals surface area contributed by atoms with Crippen molar-refractivity contribution < 1.29 is 4.79 Å². The predicted octanol–water partition coefficient (Wildman–Crippen LogP) is 1.55. The average molecular weight is 268 g/mol. The molecular weight excluding hydrogens is 258 g/mol. The van der Waals surface area contributed by atoms with Gasteiger partial charge in [0, 0.05) is 0 Å². The van der Waals surface area contributed by atoms with E-state index < -0.39 is 0 Å². The van der Waals surface area contributed by atoms with Crippen LogP contribution in [0.2, 0.25) is 0 Å². The topological polar surface area (TPSA) is 60.4 Å². The summed E-state index contributed by atoms with van der Waals surface area (Å²) in [5.41, 5.74) is 7.38. The van der Waals surface area contributed by atoms with Gasteiger partial charge >= 0.3 is 0 Å². The zero-order valence-electron chi connectivity index (χ0n) is 8.20. The highest BCUT2D eigenvalue weighted by Gasteiger charge is 2.16. The molecule has 0 aliphatic carbocycles. The van der Waals surface area contributed by atoms with Crippen LogP contribution in [-0.2, 0) is 0 Å². The summed E-state index contributed by atoms with van der Waals surface area (Å²) in [7, 11) is 0. The first-order valence-corrected chi connectivity index (χ1v) is 5.31. The lowest BCUT2D eigenvalue weighted by molar-refractivity contribution is 0.0995. The molecule has 0 amide bonds. The van der Waals surface area contributed by atoms with Crippen molar-refractivity contribution in [1.82, 2.24) is 9.38 Å². The molecule has 0 unspecified atom stereocenters. The van der Waals surface area contributed by atoms with E-state index in [1.165, 1.54) is 0 Å². The van der Waals surface area contributed by atoms with Crippen LogP contribution in [-0.4, -0.2) is 21.7 Å². The second kappa shape index (κ2) is 3.75. The van der Waals surface area contributed by atoms with Crippen molar-refractivity contribution in [3.63, 3.8) is 0 Å². The Balaban J connectivity index is 2.82. The first-order valence-electron chi connectivity index (χ1n) is 4.52. The zero-order valence-corrected chi connectivity index (χ0v) is 9.78. The number of fused-ring (bicyclic) bond motifs is 1. The summed E-state index contributed by atoms with van der Waals surface area (Å²) in [5.74, 6) is -0.105. The predicted molar refractivity (Wildman–Crippen MR) is 61.0 cm³/mol. The van der Waals surface area contributed by atoms with Crippen LogP contribution in [0.25, 0.3) is 5.65 Å². The highest BCUT2D eigenvalue weighted by atomic mass is 79.9. The fourth-order valence-corrected chi connectivity index (χ4v) is 2.10. The van der Waals surface area contributed by atoms with Crippen LogP contribution in [0.4, 0.5) is 0 Å². The summed E-state index contributed by atoms with van der Waals surface area (Å²) in [6, 6.07) is 5.59. The van der Waals surface area contributed by atoms with Crippen LogP contribution in [0, 0.1) is 6.92 Å². The molecule has 0 bridgehead atoms. The Hall–Kier alpha value is -1.20. The zero-order chi connectivity index (χ0) is 11.0. The molecule has 0 radical (unpaired) electrons. The maximum atomic E-state index is 11.7. The molecule has 2 heterocycles. The Morgan fingerprint density at radius 3 is 3.00 bits per heavy atom. The summed E-state index contributed by atoms with van der Waals surface area (Å²) in [5, 5.41) is 0. The molecular formula is C10H10BrN3O. The molecule has 0 spiro atoms. The number of hydrogen-bond donors (Lipinski definition) is 1. The fraction of sp³-hybridized carbons (Fsp3) is 0.200. The van der Waals surface area contributed by atoms with E-state index in [4.69, 9.17) is 5.73 Å². The molecule has 0 aliphatic heterocycles. The van der Waals surface area contributed by atoms with Crippen molar-refractivity contribution in [3.8, 4) is 0 Å². The molecule has 2 aromatic heterocycles. The Morgan fingerprint density at radius 1 is 1.60 bits per heavy atom. The van der Waals surface area contributed by atoms with Gasteiger partial charge in [-0.1, -0.05) is 6.07 Å². The standard InChI is InChI=1S/C10H10BrN3O/c1-6-10(7(15)5-12)14-8(11)3-2-4-9(14)13-6/h2-4H,5,12H2,1H3. The number of carbonyl (C=O) groups is 1. The highest BCUT2D eigenvalue weighted by molar-refractivity contribution is 9.10. The number of ketones is 1. The van der Waals surface area contributed by atoms with Crippen LogP contribution >= 0.6 is 15.9 Å². The van der Waals surface area contributed by atoms with Crippen LogP contribution in [0.1, 0.15) is 16.2 Å². The summed E-state index contributed by atoms with van der Waals surface area (Å²) in [6.07, 6.45) is 0. The van der Waals surface area contributed by atoms with E-state index in [0.717, 1.165) is 10.3 Å². The molecule has 0 saturated carbocycles. The minimum absolute atomic E-state index is 0.00400. The van der Waals surface area contributed by atoms with Gasteiger partial charge in [-0.25, -0.2) is 4.98 Å². The normalized spacial score (nSPS) is 10.9. The first-order chi connectivity index (χ1) is 7.15. The van der Waals surface area contributed by atoms with Crippen LogP contribution in [0.5, 0.6) is 0 Å². The van der Waals surface area contributed by atoms with Crippen LogP contribution < -0.4 is 5.73 Å². The van der Waals surface area contributed by atoms with Gasteiger partial charge in [0.15, 0.2) is 5.78 Å². The summed E-state index contributed by atoms with van der Waals surface area (Å²) in [6.45, 7) is 1.80. The van der Waals surface area contributed by atoms with Crippen molar-refractivity contribution in [3.05, 3.63) is 34.2 Å². The Bertz CT molecular complexity index is 533. The first kappa shape index (κ1) is 10.3. The number of carbonyl (C=O) groups excluding carboxylic acids is 1. The molecule has 2 aromatic rings. The van der Waals surface area contributed by atoms with Crippen molar-refractivity contribution in [2.75, 3.05) is 6.54 Å². The molecule has 0 aliphatic rings. The van der Waals surface area contributed by atoms with E-state index in [1.54, 1.807) is 4.40 Å². The van der Waals surface area contributed by atoms with E-state index in [9.17, 15) is 4.79 Å². The Kier molecular flexibility index (Phi) is 2.58. The van der Waals surface area contributed by atoms with E-state index in [-0.39, 0.29) is 12.3 Å². The number of aromatic nitrogens is 2. The van der Waals surface area contributed by atoms with E-state index >= 15 is 0 Å². The van der Waals surface area contributed by atoms with Gasteiger partial charge in [0.05, 0.1) is 16.8 Å². The molecule has 5 heteroatoms. The van der Waals surface area contributed by atoms with Gasteiger partial charge in [-0.3, -0.25) is 9.20 Å². The van der Waals surface area contributed by atoms with Gasteiger partial charge in [0.1, 0.15) is 11.3 Å². The van der Waals surface area contributed by atoms with Gasteiger partial charge in [-0.2, -0.15) is 0 Å². The summed E-state index contributed by atoms with van der Waals surface area (Å²) in [4.78, 5) is 16.0. The third-order valence-electron chi connectivity index (χ3n) is 2.22. The lowest BCUT2D eigenvalue weighted by Crippen LogP contribution is -2.16. The number of nitrogens with zero attached hydrogens (tertiary/aromatic N) is 2. The fourth-order valence-electron chi connectivity index (χ4n) is 1.59. The van der Waals surface area contributed by atoms with Crippen LogP contribution in [0.3, 0.4) is 0 Å². The largest absolute Gasteiger partial charge is 0.324 e. The number of rotatable bonds is 2. The Labute approximate surface area is 95.2 Å². The molecule has 0 saturated heterocycles. The molecule has 0 aromatic carbocycles. The monoisotopic (exact) mass is 267 g/mol. The van der Waals surface area contributed by atoms with Gasteiger partial charge in [0.2, 0.25) is 0 Å². The van der Waals surface area contributed by atoms with Gasteiger partial charge in [-0.05, 0) is 35.0 Å². The minimum Gasteiger partial charge on any atom is -0.324 e. The second-order valence-electron chi connectivity index (χ2n) is 3.22. The number of pyridine rings is 1. The average Bonchev–Trinajstić information content (AvgIpc) is 2.55. The van der Waals surface area contributed by atoms with Crippen molar-refractivity contribution >= 4 is 27.4 Å². The Morgan fingerprint density at radius 2 is 2.33 bits per heavy atom. The number of aryl methyl sites for hydroxylation is 1. The van der Waals surface area contributed by atoms with Gasteiger partial charge in [0.25, 0.3) is 0 Å². The van der Waals surface area contributed by atoms with E-state index in [0.29, 0.717) is 11.4 Å². The third kappa shape index (κ3) is 1.57. The number of nitrogens with two attached hydrogens (primary N) is 1. The van der Waals surface area contributed by atoms with Gasteiger partial charge < -0.3 is 5.73 Å². The summed E-state index contributed by atoms with van der Waals surface area (Å²) >= 11 is 3.39. The summed E-state index contributed by atoms with van der Waals surface area (Å²) < 4.78 is 2.57. The molecule has 0 atom stereocenters. The number of imidazole rings is 1. The quantitative estimate of drug-likeness (QED) is 0.664. The molecule has 2 rings (SSSR count). The van der Waals surface area contributed by atoms with Crippen molar-refractivity contribution in [2.45, 2.75) is 6.92 Å². The minimum atomic E-state index is -0.105. The second-order valence-corrected chi connectivity index (χ2v) is 4.03. The lowest BCUT2D eigenvalue weighted by atomic mass is 10.2. The molecule has 4 nitrogen and oxygen atoms in total. The molecule has 15 heavy (non-hydrogen) atoms. The molecule has 78 valence electrons. The van der Waals surface area contributed by atoms with Crippen molar-refractivity contribution in [1.29, 1.82) is 0 Å². The third-order valence-corrected chi connectivity index (χ3v) is 2.84. The number of Topliss-reactive ketones (excluding diaryl/α,β-unsaturated/α-hetero) is 1. The van der Waals surface area contributed by atoms with E-state index in [1.807, 2.05) is 25.1 Å². The van der Waals surface area contributed by atoms with E-state index in [2.05, 4.69) is 20.9 Å². The van der Waals surface area contributed by atoms with Crippen LogP contribution in [0.15, 0.2) is 22.8 Å². The lowest BCUT2D eigenvalue weighted by Gasteiger charge is -2.02. The number of hydrogen-bond acceptors (Lipinski definition) is 3. The van der Waals surface area contributed by atoms with Crippen molar-refractivity contribution in [2.24, 2.45) is 5.73 Å². The smallest absolute Gasteiger partial charge is 0.195 e. The number of halogens is 1. The highest BCUT2D eigenvalue weighted by Crippen LogP contribution is 2.18. The van der Waals surface area contributed by atoms with Gasteiger partial charge in [-0.15, -0.1) is 0 Å². The maximum absolute atomic E-state index is 11.7. The molecule has 2 N–H and O–H groups in total. The maximum Gasteiger partial charge on any atom is 0.195 e. The molecule has 0 fully saturated rings. The SMILES string of the molecule is Cc1nc2cccc(Br)n2c1C(=O)CN.